The van der Waals surface area contributed by atoms with E-state index in [0.29, 0.717) is 11.9 Å². The van der Waals surface area contributed by atoms with Crippen molar-refractivity contribution >= 4 is 55.4 Å². The number of nitrogens with zero attached hydrogens (tertiary/aromatic N) is 1. The summed E-state index contributed by atoms with van der Waals surface area (Å²) in [5, 5.41) is 13.4. The molecule has 0 spiro atoms. The van der Waals surface area contributed by atoms with Crippen LogP contribution in [0.5, 0.6) is 0 Å². The Bertz CT molecular complexity index is 1720. The van der Waals surface area contributed by atoms with Crippen molar-refractivity contribution in [2.75, 3.05) is 11.9 Å². The average molecular weight is 608 g/mol. The number of carbonyl (C=O) groups is 2. The van der Waals surface area contributed by atoms with E-state index in [1.54, 1.807) is 12.3 Å². The van der Waals surface area contributed by atoms with Gasteiger partial charge in [-0.2, -0.15) is 0 Å². The van der Waals surface area contributed by atoms with Crippen LogP contribution < -0.4 is 5.32 Å². The number of para-hydroxylation sites is 1. The maximum absolute atomic E-state index is 12.1. The first-order chi connectivity index (χ1) is 19.9. The Labute approximate surface area is 248 Å². The number of allylic oxidation sites excluding steroid dienone is 1. The van der Waals surface area contributed by atoms with E-state index < -0.39 is 11.8 Å². The van der Waals surface area contributed by atoms with Gasteiger partial charge in [0.25, 0.3) is 5.78 Å². The summed E-state index contributed by atoms with van der Waals surface area (Å²) in [6, 6.07) is 34.9. The molecule has 6 heteroatoms. The lowest BCUT2D eigenvalue weighted by molar-refractivity contribution is -0.131. The first kappa shape index (κ1) is 28.1. The van der Waals surface area contributed by atoms with Crippen LogP contribution in [0.1, 0.15) is 46.8 Å². The van der Waals surface area contributed by atoms with Crippen molar-refractivity contribution in [3.05, 3.63) is 136 Å². The van der Waals surface area contributed by atoms with Crippen LogP contribution in [-0.4, -0.2) is 28.0 Å². The van der Waals surface area contributed by atoms with Crippen LogP contribution in [0.2, 0.25) is 0 Å². The highest BCUT2D eigenvalue weighted by atomic mass is 79.9. The summed E-state index contributed by atoms with van der Waals surface area (Å²) in [5.41, 5.74) is 8.10. The van der Waals surface area contributed by atoms with Gasteiger partial charge in [-0.1, -0.05) is 88.7 Å². The van der Waals surface area contributed by atoms with Gasteiger partial charge in [0.2, 0.25) is 0 Å². The predicted molar refractivity (Wildman–Crippen MR) is 170 cm³/mol. The zero-order valence-electron chi connectivity index (χ0n) is 22.8. The molecule has 0 radical (unpaired) electrons. The van der Waals surface area contributed by atoms with Crippen molar-refractivity contribution in [3.63, 3.8) is 0 Å². The molecule has 0 bridgehead atoms. The van der Waals surface area contributed by atoms with E-state index in [0.717, 1.165) is 40.6 Å². The van der Waals surface area contributed by atoms with Gasteiger partial charge in [-0.3, -0.25) is 4.79 Å². The van der Waals surface area contributed by atoms with E-state index in [4.69, 9.17) is 0 Å². The van der Waals surface area contributed by atoms with Crippen molar-refractivity contribution in [2.24, 2.45) is 0 Å². The Morgan fingerprint density at radius 3 is 2.22 bits per heavy atom. The van der Waals surface area contributed by atoms with Gasteiger partial charge in [0, 0.05) is 40.3 Å². The zero-order valence-corrected chi connectivity index (χ0v) is 24.4. The van der Waals surface area contributed by atoms with Gasteiger partial charge < -0.3 is 15.0 Å². The predicted octanol–water partition coefficient (Wildman–Crippen LogP) is 8.54. The number of anilines is 1. The largest absolute Gasteiger partial charge is 0.475 e. The second-order valence-electron chi connectivity index (χ2n) is 9.98. The number of unbranched alkanes of at least 4 members (excludes halogenated alkanes) is 1. The molecule has 0 fully saturated rings. The molecular weight excluding hydrogens is 576 g/mol. The van der Waals surface area contributed by atoms with E-state index in [-0.39, 0.29) is 5.56 Å². The fourth-order valence-electron chi connectivity index (χ4n) is 5.19. The van der Waals surface area contributed by atoms with E-state index >= 15 is 0 Å². The smallest absolute Gasteiger partial charge is 0.377 e. The molecule has 41 heavy (non-hydrogen) atoms. The summed E-state index contributed by atoms with van der Waals surface area (Å²) in [6.07, 6.45) is 3.48. The number of Topliss-reactive ketones (excluding diaryl/α,β-unsaturated/α-hetero) is 1. The minimum atomic E-state index is -1.43. The number of hydrogen-bond acceptors (Lipinski definition) is 3. The molecule has 5 nitrogen and oxygen atoms in total. The molecule has 0 aliphatic rings. The Balaban J connectivity index is 1.25. The third-order valence-corrected chi connectivity index (χ3v) is 7.74. The van der Waals surface area contributed by atoms with Gasteiger partial charge >= 0.3 is 5.97 Å². The standard InChI is InChI=1S/C35H31BrN2O3/c1-24(27-12-9-13-28(36)22-27)33(25-10-3-2-4-11-25)26-16-18-29(19-17-26)37-20-7-8-21-38-23-31(34(39)35(40)41)30-14-5-6-15-32(30)38/h2-6,9-19,22-23,37H,7-8,20-21H2,1H3,(H,40,41)/b33-24-. The Kier molecular flexibility index (Phi) is 8.80. The van der Waals surface area contributed by atoms with Crippen molar-refractivity contribution in [1.29, 1.82) is 0 Å². The highest BCUT2D eigenvalue weighted by Gasteiger charge is 2.20. The van der Waals surface area contributed by atoms with Gasteiger partial charge in [0.05, 0.1) is 5.56 Å². The van der Waals surface area contributed by atoms with Crippen molar-refractivity contribution in [2.45, 2.75) is 26.3 Å². The van der Waals surface area contributed by atoms with Crippen LogP contribution in [0.25, 0.3) is 22.0 Å². The number of benzene rings is 4. The summed E-state index contributed by atoms with van der Waals surface area (Å²) in [6.45, 7) is 3.68. The number of rotatable bonds is 11. The molecule has 0 unspecified atom stereocenters. The molecule has 2 N–H and O–H groups in total. The number of carbonyl (C=O) groups excluding carboxylic acids is 1. The first-order valence-corrected chi connectivity index (χ1v) is 14.4. The SMILES string of the molecule is C/C(=C(\c1ccccc1)c1ccc(NCCCCn2cc(C(=O)C(=O)O)c3ccccc32)cc1)c1cccc(Br)c1. The molecule has 0 aliphatic carbocycles. The number of aryl methyl sites for hydroxylation is 1. The number of ketones is 1. The number of aromatic nitrogens is 1. The van der Waals surface area contributed by atoms with Gasteiger partial charge in [0.15, 0.2) is 0 Å². The second kappa shape index (κ2) is 12.8. The maximum atomic E-state index is 12.1. The van der Waals surface area contributed by atoms with Gasteiger partial charge in [-0.25, -0.2) is 4.79 Å². The average Bonchev–Trinajstić information content (AvgIpc) is 3.36. The van der Waals surface area contributed by atoms with Crippen LogP contribution in [0, 0.1) is 0 Å². The van der Waals surface area contributed by atoms with E-state index in [2.05, 4.69) is 94.9 Å². The minimum Gasteiger partial charge on any atom is -0.475 e. The number of aliphatic carboxylic acids is 1. The monoisotopic (exact) mass is 606 g/mol. The Morgan fingerprint density at radius 2 is 1.49 bits per heavy atom. The third kappa shape index (κ3) is 6.50. The molecule has 0 atom stereocenters. The van der Waals surface area contributed by atoms with Gasteiger partial charge in [-0.15, -0.1) is 0 Å². The lowest BCUT2D eigenvalue weighted by atomic mass is 9.90. The second-order valence-corrected chi connectivity index (χ2v) is 10.9. The van der Waals surface area contributed by atoms with Crippen LogP contribution in [-0.2, 0) is 11.3 Å². The summed E-state index contributed by atoms with van der Waals surface area (Å²) < 4.78 is 3.03. The topological polar surface area (TPSA) is 71.3 Å². The molecule has 0 saturated heterocycles. The summed E-state index contributed by atoms with van der Waals surface area (Å²) in [7, 11) is 0. The molecule has 206 valence electrons. The van der Waals surface area contributed by atoms with Crippen molar-refractivity contribution in [3.8, 4) is 0 Å². The minimum absolute atomic E-state index is 0.241. The summed E-state index contributed by atoms with van der Waals surface area (Å²) >= 11 is 3.61. The highest BCUT2D eigenvalue weighted by molar-refractivity contribution is 9.10. The molecule has 5 aromatic rings. The summed E-state index contributed by atoms with van der Waals surface area (Å²) in [4.78, 5) is 23.4. The molecule has 5 rings (SSSR count). The molecule has 0 saturated carbocycles. The number of carboxylic acid groups (broad SMARTS) is 1. The number of carboxylic acids is 1. The van der Waals surface area contributed by atoms with Crippen LogP contribution in [0.15, 0.2) is 114 Å². The number of halogens is 1. The van der Waals surface area contributed by atoms with Crippen molar-refractivity contribution in [1.82, 2.24) is 4.57 Å². The van der Waals surface area contributed by atoms with Crippen LogP contribution in [0.3, 0.4) is 0 Å². The maximum Gasteiger partial charge on any atom is 0.377 e. The fourth-order valence-corrected chi connectivity index (χ4v) is 5.59. The van der Waals surface area contributed by atoms with E-state index in [9.17, 15) is 14.7 Å². The third-order valence-electron chi connectivity index (χ3n) is 7.25. The van der Waals surface area contributed by atoms with Gasteiger partial charge in [-0.05, 0) is 77.9 Å². The molecule has 1 aromatic heterocycles. The quantitative estimate of drug-likeness (QED) is 0.0683. The van der Waals surface area contributed by atoms with Crippen LogP contribution in [0.4, 0.5) is 5.69 Å². The normalized spacial score (nSPS) is 11.8. The first-order valence-electron chi connectivity index (χ1n) is 13.6. The Hall–Kier alpha value is -4.42. The summed E-state index contributed by atoms with van der Waals surface area (Å²) in [5.74, 6) is -2.31. The molecular formula is C35H31BrN2O3. The molecule has 0 amide bonds. The number of fused-ring (bicyclic) bond motifs is 1. The van der Waals surface area contributed by atoms with E-state index in [1.807, 2.05) is 34.9 Å². The van der Waals surface area contributed by atoms with Gasteiger partial charge in [0.1, 0.15) is 0 Å². The van der Waals surface area contributed by atoms with Crippen LogP contribution >= 0.6 is 15.9 Å². The Morgan fingerprint density at radius 1 is 0.805 bits per heavy atom. The number of nitrogens with one attached hydrogen (secondary N) is 1. The lowest BCUT2D eigenvalue weighted by Gasteiger charge is -2.15. The molecule has 0 aliphatic heterocycles. The number of hydrogen-bond donors (Lipinski definition) is 2. The van der Waals surface area contributed by atoms with E-state index in [1.165, 1.54) is 22.3 Å². The lowest BCUT2D eigenvalue weighted by Crippen LogP contribution is -2.12. The molecule has 1 heterocycles. The van der Waals surface area contributed by atoms with Crippen molar-refractivity contribution < 1.29 is 14.7 Å². The molecule has 4 aromatic carbocycles. The fraction of sp³-hybridized carbons (Fsp3) is 0.143. The highest BCUT2D eigenvalue weighted by Crippen LogP contribution is 2.33. The zero-order chi connectivity index (χ0) is 28.8.